The fourth-order valence-electron chi connectivity index (χ4n) is 0.880. The molecule has 3 nitrogen and oxygen atoms in total. The first-order valence-electron chi connectivity index (χ1n) is 4.09. The summed E-state index contributed by atoms with van der Waals surface area (Å²) in [5.74, 6) is -0.226. The molecule has 1 rings (SSSR count). The third kappa shape index (κ3) is 3.88. The van der Waals surface area contributed by atoms with Gasteiger partial charge >= 0.3 is 5.97 Å². The Kier molecular flexibility index (Phi) is 5.40. The third-order valence-corrected chi connectivity index (χ3v) is 1.45. The molecule has 0 aliphatic carbocycles. The zero-order chi connectivity index (χ0) is 9.84. The van der Waals surface area contributed by atoms with Crippen molar-refractivity contribution in [3.8, 4) is 5.75 Å². The van der Waals surface area contributed by atoms with Gasteiger partial charge in [0.2, 0.25) is 0 Å². The molecule has 0 aliphatic heterocycles. The topological polar surface area (TPSA) is 46.5 Å². The number of rotatable bonds is 2. The van der Waals surface area contributed by atoms with Crippen LogP contribution in [0, 0.1) is 0 Å². The van der Waals surface area contributed by atoms with Crippen LogP contribution in [0.4, 0.5) is 0 Å². The van der Waals surface area contributed by atoms with E-state index in [0.717, 1.165) is 0 Å². The van der Waals surface area contributed by atoms with E-state index in [1.807, 2.05) is 0 Å². The van der Waals surface area contributed by atoms with Crippen molar-refractivity contribution in [1.29, 1.82) is 0 Å². The van der Waals surface area contributed by atoms with Crippen LogP contribution in [0.25, 0.3) is 0 Å². The van der Waals surface area contributed by atoms with Crippen molar-refractivity contribution in [3.63, 3.8) is 0 Å². The molecule has 1 aromatic rings. The van der Waals surface area contributed by atoms with Gasteiger partial charge in [-0.05, 0) is 38.1 Å². The maximum Gasteiger partial charge on any atom is 0.338 e. The van der Waals surface area contributed by atoms with Gasteiger partial charge in [-0.3, -0.25) is 0 Å². The molecule has 72 valence electrons. The number of aromatic hydroxyl groups is 1. The van der Waals surface area contributed by atoms with Crippen molar-refractivity contribution in [2.75, 3.05) is 0 Å². The number of ether oxygens (including phenoxy) is 1. The SMILES string of the molecule is CC(C)OC(=O)c1ccc(O)cc1.[Zn]. The van der Waals surface area contributed by atoms with Gasteiger partial charge in [0.25, 0.3) is 0 Å². The van der Waals surface area contributed by atoms with Gasteiger partial charge in [-0.1, -0.05) is 0 Å². The van der Waals surface area contributed by atoms with E-state index in [0.29, 0.717) is 5.56 Å². The van der Waals surface area contributed by atoms with Gasteiger partial charge in [0.1, 0.15) is 5.75 Å². The number of benzene rings is 1. The number of carbonyl (C=O) groups is 1. The number of carbonyl (C=O) groups excluding carboxylic acids is 1. The molecule has 0 bridgehead atoms. The minimum atomic E-state index is -0.366. The number of esters is 1. The van der Waals surface area contributed by atoms with Crippen LogP contribution in [0.15, 0.2) is 24.3 Å². The van der Waals surface area contributed by atoms with Crippen molar-refractivity contribution in [3.05, 3.63) is 29.8 Å². The van der Waals surface area contributed by atoms with Crippen molar-refractivity contribution < 1.29 is 34.1 Å². The van der Waals surface area contributed by atoms with Gasteiger partial charge in [0.15, 0.2) is 0 Å². The average Bonchev–Trinajstić information content (AvgIpc) is 2.04. The molecule has 0 aliphatic rings. The van der Waals surface area contributed by atoms with Crippen LogP contribution < -0.4 is 0 Å². The first-order valence-corrected chi connectivity index (χ1v) is 4.09. The summed E-state index contributed by atoms with van der Waals surface area (Å²) in [4.78, 5) is 11.3. The number of phenols is 1. The Morgan fingerprint density at radius 2 is 1.79 bits per heavy atom. The Morgan fingerprint density at radius 3 is 2.21 bits per heavy atom. The zero-order valence-corrected chi connectivity index (χ0v) is 11.3. The smallest absolute Gasteiger partial charge is 0.338 e. The van der Waals surface area contributed by atoms with Crippen molar-refractivity contribution in [2.45, 2.75) is 20.0 Å². The van der Waals surface area contributed by atoms with E-state index in [9.17, 15) is 4.79 Å². The van der Waals surface area contributed by atoms with E-state index in [1.165, 1.54) is 24.3 Å². The van der Waals surface area contributed by atoms with Gasteiger partial charge in [-0.15, -0.1) is 0 Å². The standard InChI is InChI=1S/C10H12O3.Zn/c1-7(2)13-10(12)8-3-5-9(11)6-4-8;/h3-7,11H,1-2H3;. The van der Waals surface area contributed by atoms with Crippen LogP contribution in [0.2, 0.25) is 0 Å². The molecule has 0 unspecified atom stereocenters. The Bertz CT molecular complexity index is 293. The van der Waals surface area contributed by atoms with E-state index >= 15 is 0 Å². The molecule has 0 spiro atoms. The summed E-state index contributed by atoms with van der Waals surface area (Å²) in [6.07, 6.45) is -0.124. The third-order valence-electron chi connectivity index (χ3n) is 1.45. The Morgan fingerprint density at radius 1 is 1.29 bits per heavy atom. The van der Waals surface area contributed by atoms with Gasteiger partial charge < -0.3 is 9.84 Å². The zero-order valence-electron chi connectivity index (χ0n) is 8.36. The monoisotopic (exact) mass is 244 g/mol. The number of phenolic OH excluding ortho intramolecular Hbond substituents is 1. The first kappa shape index (κ1) is 13.1. The van der Waals surface area contributed by atoms with Crippen LogP contribution in [-0.4, -0.2) is 17.2 Å². The molecule has 0 saturated carbocycles. The minimum Gasteiger partial charge on any atom is -0.508 e. The number of hydrogen-bond acceptors (Lipinski definition) is 3. The summed E-state index contributed by atoms with van der Waals surface area (Å²) in [6, 6.07) is 5.97. The van der Waals surface area contributed by atoms with Crippen molar-refractivity contribution >= 4 is 5.97 Å². The van der Waals surface area contributed by atoms with Gasteiger partial charge in [-0.25, -0.2) is 4.79 Å². The van der Waals surface area contributed by atoms with Crippen LogP contribution in [-0.2, 0) is 24.2 Å². The predicted molar refractivity (Wildman–Crippen MR) is 48.7 cm³/mol. The maximum atomic E-state index is 11.3. The van der Waals surface area contributed by atoms with Gasteiger partial charge in [-0.2, -0.15) is 0 Å². The summed E-state index contributed by atoms with van der Waals surface area (Å²) in [5, 5.41) is 8.97. The molecule has 0 saturated heterocycles. The van der Waals surface area contributed by atoms with E-state index < -0.39 is 0 Å². The number of hydrogen-bond donors (Lipinski definition) is 1. The molecule has 14 heavy (non-hydrogen) atoms. The van der Waals surface area contributed by atoms with Gasteiger partial charge in [0, 0.05) is 19.5 Å². The second-order valence-electron chi connectivity index (χ2n) is 3.00. The van der Waals surface area contributed by atoms with E-state index in [2.05, 4.69) is 0 Å². The van der Waals surface area contributed by atoms with Crippen LogP contribution in [0.3, 0.4) is 0 Å². The Labute approximate surface area is 95.8 Å². The molecule has 0 fully saturated rings. The predicted octanol–water partition coefficient (Wildman–Crippen LogP) is 1.95. The van der Waals surface area contributed by atoms with Crippen molar-refractivity contribution in [1.82, 2.24) is 0 Å². The quantitative estimate of drug-likeness (QED) is 0.640. The molecule has 0 heterocycles. The normalized spacial score (nSPS) is 9.36. The molecular formula is C10H12O3Zn. The minimum absolute atomic E-state index is 0. The van der Waals surface area contributed by atoms with E-state index in [1.54, 1.807) is 13.8 Å². The van der Waals surface area contributed by atoms with E-state index in [-0.39, 0.29) is 37.3 Å². The van der Waals surface area contributed by atoms with Crippen LogP contribution in [0.1, 0.15) is 24.2 Å². The summed E-state index contributed by atoms with van der Waals surface area (Å²) in [7, 11) is 0. The van der Waals surface area contributed by atoms with Crippen molar-refractivity contribution in [2.24, 2.45) is 0 Å². The largest absolute Gasteiger partial charge is 0.508 e. The Balaban J connectivity index is 0.00000169. The fourth-order valence-corrected chi connectivity index (χ4v) is 0.880. The molecule has 0 aromatic heterocycles. The summed E-state index contributed by atoms with van der Waals surface area (Å²) >= 11 is 0. The molecular weight excluding hydrogens is 233 g/mol. The average molecular weight is 246 g/mol. The summed E-state index contributed by atoms with van der Waals surface area (Å²) in [6.45, 7) is 3.58. The maximum absolute atomic E-state index is 11.3. The van der Waals surface area contributed by atoms with Crippen LogP contribution in [0.5, 0.6) is 5.75 Å². The van der Waals surface area contributed by atoms with Gasteiger partial charge in [0.05, 0.1) is 11.7 Å². The Hall–Kier alpha value is -0.887. The molecule has 0 atom stereocenters. The summed E-state index contributed by atoms with van der Waals surface area (Å²) in [5.41, 5.74) is 0.450. The molecule has 1 aromatic carbocycles. The summed E-state index contributed by atoms with van der Waals surface area (Å²) < 4.78 is 4.96. The fraction of sp³-hybridized carbons (Fsp3) is 0.300. The molecule has 0 amide bonds. The molecule has 0 radical (unpaired) electrons. The van der Waals surface area contributed by atoms with Crippen LogP contribution >= 0.6 is 0 Å². The second-order valence-corrected chi connectivity index (χ2v) is 3.00. The second kappa shape index (κ2) is 5.76. The molecule has 4 heteroatoms. The molecule has 1 N–H and O–H groups in total. The van der Waals surface area contributed by atoms with E-state index in [4.69, 9.17) is 9.84 Å². The first-order chi connectivity index (χ1) is 6.09.